The van der Waals surface area contributed by atoms with Gasteiger partial charge in [-0.25, -0.2) is 10.2 Å². The van der Waals surface area contributed by atoms with Gasteiger partial charge in [0.15, 0.2) is 0 Å². The number of non-ortho nitro benzene ring substituents is 1. The van der Waals surface area contributed by atoms with E-state index in [9.17, 15) is 19.7 Å². The van der Waals surface area contributed by atoms with Gasteiger partial charge in [0.05, 0.1) is 16.7 Å². The van der Waals surface area contributed by atoms with Crippen LogP contribution in [0.1, 0.15) is 26.4 Å². The van der Waals surface area contributed by atoms with Gasteiger partial charge in [-0.1, -0.05) is 42.5 Å². The number of amides is 1. The van der Waals surface area contributed by atoms with Crippen LogP contribution >= 0.6 is 22.6 Å². The molecule has 1 amide bonds. The van der Waals surface area contributed by atoms with E-state index in [2.05, 4.69) is 38.1 Å². The van der Waals surface area contributed by atoms with Crippen LogP contribution in [0.5, 0.6) is 5.75 Å². The lowest BCUT2D eigenvalue weighted by atomic mass is 10.0. The van der Waals surface area contributed by atoms with Crippen LogP contribution in [0.15, 0.2) is 102 Å². The molecule has 4 aromatic carbocycles. The van der Waals surface area contributed by atoms with Crippen molar-refractivity contribution >= 4 is 57.3 Å². The molecule has 0 saturated carbocycles. The molecule has 5 rings (SSSR count). The number of esters is 1. The first-order valence-corrected chi connectivity index (χ1v) is 12.7. The molecule has 0 saturated heterocycles. The van der Waals surface area contributed by atoms with Crippen molar-refractivity contribution in [1.29, 1.82) is 0 Å². The minimum absolute atomic E-state index is 0.130. The monoisotopic (exact) mass is 630 g/mol. The topological polar surface area (TPSA) is 127 Å². The molecule has 0 radical (unpaired) electrons. The zero-order valence-corrected chi connectivity index (χ0v) is 22.3. The molecule has 0 aliphatic heterocycles. The summed E-state index contributed by atoms with van der Waals surface area (Å²) in [6, 6.07) is 27.3. The van der Waals surface area contributed by atoms with Gasteiger partial charge >= 0.3 is 5.97 Å². The fourth-order valence-corrected chi connectivity index (χ4v) is 4.50. The number of hydrazone groups is 1. The zero-order valence-electron chi connectivity index (χ0n) is 20.1. The molecule has 2 N–H and O–H groups in total. The molecule has 5 aromatic rings. The Bertz CT molecular complexity index is 1730. The van der Waals surface area contributed by atoms with Crippen molar-refractivity contribution in [2.24, 2.45) is 5.10 Å². The Morgan fingerprint density at radius 2 is 1.67 bits per heavy atom. The van der Waals surface area contributed by atoms with Gasteiger partial charge in [-0.3, -0.25) is 14.9 Å². The fourth-order valence-electron chi connectivity index (χ4n) is 4.01. The number of nitro benzene ring substituents is 1. The van der Waals surface area contributed by atoms with Gasteiger partial charge in [0.1, 0.15) is 11.4 Å². The summed E-state index contributed by atoms with van der Waals surface area (Å²) >= 11 is 2.24. The second-order valence-electron chi connectivity index (χ2n) is 8.36. The summed E-state index contributed by atoms with van der Waals surface area (Å²) in [5, 5.41) is 15.9. The highest BCUT2D eigenvalue weighted by Gasteiger charge is 2.19. The summed E-state index contributed by atoms with van der Waals surface area (Å²) in [4.78, 5) is 39.3. The highest BCUT2D eigenvalue weighted by atomic mass is 127. The van der Waals surface area contributed by atoms with Crippen LogP contribution < -0.4 is 10.2 Å². The first-order valence-electron chi connectivity index (χ1n) is 11.7. The number of nitro groups is 1. The number of carbonyl (C=O) groups is 2. The SMILES string of the molecule is O=C(Oc1ccccc1C=NNC(=O)c1[nH]c2ccc(I)cc2c1-c1ccccc1)c1ccc([N+](=O)[O-])cc1. The van der Waals surface area contributed by atoms with Gasteiger partial charge < -0.3 is 9.72 Å². The van der Waals surface area contributed by atoms with E-state index >= 15 is 0 Å². The largest absolute Gasteiger partial charge is 0.422 e. The molecule has 1 aromatic heterocycles. The molecule has 1 heterocycles. The predicted octanol–water partition coefficient (Wildman–Crippen LogP) is 6.33. The Morgan fingerprint density at radius 3 is 2.41 bits per heavy atom. The molecular weight excluding hydrogens is 611 g/mol. The van der Waals surface area contributed by atoms with Crippen molar-refractivity contribution in [3.63, 3.8) is 0 Å². The van der Waals surface area contributed by atoms with Crippen molar-refractivity contribution in [3.8, 4) is 16.9 Å². The number of fused-ring (bicyclic) bond motifs is 1. The minimum Gasteiger partial charge on any atom is -0.422 e. The molecule has 39 heavy (non-hydrogen) atoms. The maximum atomic E-state index is 13.2. The van der Waals surface area contributed by atoms with E-state index in [0.29, 0.717) is 11.3 Å². The van der Waals surface area contributed by atoms with Crippen molar-refractivity contribution in [3.05, 3.63) is 128 Å². The lowest BCUT2D eigenvalue weighted by Crippen LogP contribution is -2.19. The van der Waals surface area contributed by atoms with E-state index in [4.69, 9.17) is 4.74 Å². The number of aromatic nitrogens is 1. The van der Waals surface area contributed by atoms with Crippen LogP contribution in [0.4, 0.5) is 5.69 Å². The second kappa shape index (κ2) is 11.3. The van der Waals surface area contributed by atoms with Gasteiger partial charge in [0.25, 0.3) is 11.6 Å². The Labute approximate surface area is 235 Å². The maximum Gasteiger partial charge on any atom is 0.343 e. The number of H-pyrrole nitrogens is 1. The molecule has 0 fully saturated rings. The van der Waals surface area contributed by atoms with Gasteiger partial charge in [-0.15, -0.1) is 0 Å². The van der Waals surface area contributed by atoms with Crippen molar-refractivity contribution < 1.29 is 19.2 Å². The maximum absolute atomic E-state index is 13.2. The van der Waals surface area contributed by atoms with Crippen LogP contribution in [-0.4, -0.2) is 28.0 Å². The number of nitrogens with one attached hydrogen (secondary N) is 2. The summed E-state index contributed by atoms with van der Waals surface area (Å²) in [5.41, 5.74) is 5.89. The smallest absolute Gasteiger partial charge is 0.343 e. The standard InChI is InChI=1S/C29H19IN4O5/c30-21-12-15-24-23(16-21)26(18-6-2-1-3-7-18)27(32-24)28(35)33-31-17-20-8-4-5-9-25(20)39-29(36)19-10-13-22(14-11-19)34(37)38/h1-17,32H,(H,33,35). The predicted molar refractivity (Wildman–Crippen MR) is 156 cm³/mol. The summed E-state index contributed by atoms with van der Waals surface area (Å²) in [5.74, 6) is -0.907. The molecule has 0 unspecified atom stereocenters. The minimum atomic E-state index is -0.685. The number of nitrogens with zero attached hydrogens (tertiary/aromatic N) is 2. The molecule has 0 bridgehead atoms. The van der Waals surface area contributed by atoms with Crippen LogP contribution in [0.25, 0.3) is 22.0 Å². The van der Waals surface area contributed by atoms with Crippen molar-refractivity contribution in [1.82, 2.24) is 10.4 Å². The Morgan fingerprint density at radius 1 is 0.949 bits per heavy atom. The molecule has 192 valence electrons. The van der Waals surface area contributed by atoms with E-state index in [-0.39, 0.29) is 17.0 Å². The Balaban J connectivity index is 1.36. The van der Waals surface area contributed by atoms with E-state index in [0.717, 1.165) is 25.6 Å². The van der Waals surface area contributed by atoms with Crippen LogP contribution in [-0.2, 0) is 0 Å². The summed E-state index contributed by atoms with van der Waals surface area (Å²) < 4.78 is 6.53. The number of benzene rings is 4. The van der Waals surface area contributed by atoms with Crippen LogP contribution in [0.2, 0.25) is 0 Å². The third-order valence-electron chi connectivity index (χ3n) is 5.86. The molecule has 0 aliphatic rings. The van der Waals surface area contributed by atoms with Gasteiger partial charge in [0.2, 0.25) is 0 Å². The number of rotatable bonds is 7. The van der Waals surface area contributed by atoms with Gasteiger partial charge in [-0.2, -0.15) is 5.10 Å². The van der Waals surface area contributed by atoms with Crippen molar-refractivity contribution in [2.75, 3.05) is 0 Å². The van der Waals surface area contributed by atoms with E-state index in [1.165, 1.54) is 30.5 Å². The Hall–Kier alpha value is -4.84. The molecule has 10 heteroatoms. The van der Waals surface area contributed by atoms with E-state index in [1.807, 2.05) is 48.5 Å². The molecule has 0 atom stereocenters. The summed E-state index contributed by atoms with van der Waals surface area (Å²) in [7, 11) is 0. The van der Waals surface area contributed by atoms with Crippen molar-refractivity contribution in [2.45, 2.75) is 0 Å². The van der Waals surface area contributed by atoms with Crippen LogP contribution in [0.3, 0.4) is 0 Å². The lowest BCUT2D eigenvalue weighted by molar-refractivity contribution is -0.384. The number of ether oxygens (including phenoxy) is 1. The number of carbonyl (C=O) groups excluding carboxylic acids is 2. The van der Waals surface area contributed by atoms with E-state index < -0.39 is 16.8 Å². The average Bonchev–Trinajstić information content (AvgIpc) is 3.33. The quantitative estimate of drug-likeness (QED) is 0.0543. The number of para-hydroxylation sites is 1. The first kappa shape index (κ1) is 25.8. The molecule has 0 aliphatic carbocycles. The number of hydrogen-bond donors (Lipinski definition) is 2. The van der Waals surface area contributed by atoms with Crippen LogP contribution in [0, 0.1) is 13.7 Å². The summed E-state index contributed by atoms with van der Waals surface area (Å²) in [6.07, 6.45) is 1.38. The number of halogens is 1. The Kier molecular flexibility index (Phi) is 7.46. The van der Waals surface area contributed by atoms with Gasteiger partial charge in [0, 0.05) is 37.7 Å². The highest BCUT2D eigenvalue weighted by Crippen LogP contribution is 2.33. The molecule has 9 nitrogen and oxygen atoms in total. The fraction of sp³-hybridized carbons (Fsp3) is 0. The number of hydrogen-bond acceptors (Lipinski definition) is 6. The lowest BCUT2D eigenvalue weighted by Gasteiger charge is -2.07. The highest BCUT2D eigenvalue weighted by molar-refractivity contribution is 14.1. The molecular formula is C29H19IN4O5. The molecule has 0 spiro atoms. The first-order chi connectivity index (χ1) is 18.9. The van der Waals surface area contributed by atoms with E-state index in [1.54, 1.807) is 24.3 Å². The average molecular weight is 630 g/mol. The second-order valence-corrected chi connectivity index (χ2v) is 9.61. The summed E-state index contributed by atoms with van der Waals surface area (Å²) in [6.45, 7) is 0. The zero-order chi connectivity index (χ0) is 27.4. The third-order valence-corrected chi connectivity index (χ3v) is 6.53. The van der Waals surface area contributed by atoms with Gasteiger partial charge in [-0.05, 0) is 70.6 Å². The third kappa shape index (κ3) is 5.70. The normalized spacial score (nSPS) is 11.0. The number of aromatic amines is 1.